The van der Waals surface area contributed by atoms with Crippen molar-refractivity contribution in [1.82, 2.24) is 0 Å². The van der Waals surface area contributed by atoms with Crippen molar-refractivity contribution in [1.29, 1.82) is 0 Å². The summed E-state index contributed by atoms with van der Waals surface area (Å²) in [6, 6.07) is 10.5. The molecule has 0 heteroatoms. The number of allylic oxidation sites excluding steroid dienone is 4. The van der Waals surface area contributed by atoms with E-state index in [0.717, 1.165) is 18.4 Å². The van der Waals surface area contributed by atoms with E-state index in [9.17, 15) is 0 Å². The van der Waals surface area contributed by atoms with Crippen LogP contribution in [0.5, 0.6) is 0 Å². The van der Waals surface area contributed by atoms with Gasteiger partial charge >= 0.3 is 0 Å². The van der Waals surface area contributed by atoms with Crippen molar-refractivity contribution in [3.63, 3.8) is 0 Å². The molecule has 1 rings (SSSR count). The summed E-state index contributed by atoms with van der Waals surface area (Å²) < 4.78 is 0. The molecule has 14 heavy (non-hydrogen) atoms. The van der Waals surface area contributed by atoms with Gasteiger partial charge in [-0.3, -0.25) is 0 Å². The molecule has 0 nitrogen and oxygen atoms in total. The SMILES string of the molecule is C=CC(C=C)=CCCc1ccccc1. The molecule has 0 unspecified atom stereocenters. The Morgan fingerprint density at radius 1 is 1.07 bits per heavy atom. The highest BCUT2D eigenvalue weighted by Gasteiger charge is 1.89. The molecule has 0 N–H and O–H groups in total. The third-order valence-corrected chi connectivity index (χ3v) is 2.13. The first kappa shape index (κ1) is 10.5. The van der Waals surface area contributed by atoms with Crippen LogP contribution in [0.25, 0.3) is 0 Å². The number of rotatable bonds is 5. The van der Waals surface area contributed by atoms with Gasteiger partial charge in [-0.05, 0) is 24.0 Å². The van der Waals surface area contributed by atoms with Gasteiger partial charge in [0.1, 0.15) is 0 Å². The van der Waals surface area contributed by atoms with E-state index in [0.29, 0.717) is 0 Å². The lowest BCUT2D eigenvalue weighted by molar-refractivity contribution is 0.997. The van der Waals surface area contributed by atoms with Crippen molar-refractivity contribution < 1.29 is 0 Å². The Kier molecular flexibility index (Phi) is 4.49. The smallest absolute Gasteiger partial charge is 0.0244 e. The third kappa shape index (κ3) is 3.44. The molecule has 0 spiro atoms. The van der Waals surface area contributed by atoms with Crippen LogP contribution in [0.4, 0.5) is 0 Å². The molecular formula is C14H16. The van der Waals surface area contributed by atoms with Gasteiger partial charge in [0.2, 0.25) is 0 Å². The summed E-state index contributed by atoms with van der Waals surface area (Å²) in [6.07, 6.45) is 7.94. The van der Waals surface area contributed by atoms with E-state index in [1.807, 2.05) is 18.2 Å². The van der Waals surface area contributed by atoms with Crippen molar-refractivity contribution in [3.8, 4) is 0 Å². The van der Waals surface area contributed by atoms with Gasteiger partial charge in [0.05, 0.1) is 0 Å². The van der Waals surface area contributed by atoms with Crippen LogP contribution in [-0.4, -0.2) is 0 Å². The first-order valence-corrected chi connectivity index (χ1v) is 4.86. The Morgan fingerprint density at radius 2 is 1.71 bits per heavy atom. The average Bonchev–Trinajstić information content (AvgIpc) is 2.26. The second-order valence-corrected chi connectivity index (χ2v) is 3.14. The fourth-order valence-corrected chi connectivity index (χ4v) is 1.30. The minimum atomic E-state index is 1.04. The van der Waals surface area contributed by atoms with Gasteiger partial charge in [0, 0.05) is 0 Å². The third-order valence-electron chi connectivity index (χ3n) is 2.13. The minimum Gasteiger partial charge on any atom is -0.0985 e. The largest absolute Gasteiger partial charge is 0.0985 e. The number of hydrogen-bond donors (Lipinski definition) is 0. The minimum absolute atomic E-state index is 1.04. The molecule has 0 fully saturated rings. The molecule has 1 aromatic carbocycles. The van der Waals surface area contributed by atoms with Gasteiger partial charge in [-0.2, -0.15) is 0 Å². The molecular weight excluding hydrogens is 168 g/mol. The molecule has 0 heterocycles. The first-order chi connectivity index (χ1) is 6.86. The van der Waals surface area contributed by atoms with Gasteiger partial charge in [0.25, 0.3) is 0 Å². The predicted molar refractivity (Wildman–Crippen MR) is 63.2 cm³/mol. The maximum absolute atomic E-state index is 3.72. The normalized spacial score (nSPS) is 9.14. The summed E-state index contributed by atoms with van der Waals surface area (Å²) in [5, 5.41) is 0. The summed E-state index contributed by atoms with van der Waals surface area (Å²) in [5.41, 5.74) is 2.48. The van der Waals surface area contributed by atoms with Crippen LogP contribution < -0.4 is 0 Å². The lowest BCUT2D eigenvalue weighted by Gasteiger charge is -1.97. The lowest BCUT2D eigenvalue weighted by Crippen LogP contribution is -1.82. The van der Waals surface area contributed by atoms with Crippen LogP contribution in [0, 0.1) is 0 Å². The molecule has 0 aliphatic rings. The molecule has 0 atom stereocenters. The summed E-state index contributed by atoms with van der Waals surface area (Å²) in [7, 11) is 0. The molecule has 72 valence electrons. The quantitative estimate of drug-likeness (QED) is 0.608. The topological polar surface area (TPSA) is 0 Å². The standard InChI is InChI=1S/C14H16/c1-3-13(4-2)11-8-12-14-9-6-5-7-10-14/h3-7,9-11H,1-2,8,12H2. The van der Waals surface area contributed by atoms with E-state index >= 15 is 0 Å². The van der Waals surface area contributed by atoms with Crippen LogP contribution in [0.15, 0.2) is 67.3 Å². The Balaban J connectivity index is 2.45. The first-order valence-electron chi connectivity index (χ1n) is 4.86. The van der Waals surface area contributed by atoms with E-state index in [2.05, 4.69) is 43.5 Å². The monoisotopic (exact) mass is 184 g/mol. The number of aryl methyl sites for hydroxylation is 1. The summed E-state index contributed by atoms with van der Waals surface area (Å²) in [5.74, 6) is 0. The molecule has 0 aliphatic carbocycles. The fourth-order valence-electron chi connectivity index (χ4n) is 1.30. The zero-order valence-electron chi connectivity index (χ0n) is 8.45. The predicted octanol–water partition coefficient (Wildman–Crippen LogP) is 3.92. The maximum Gasteiger partial charge on any atom is -0.0244 e. The summed E-state index contributed by atoms with van der Waals surface area (Å²) in [6.45, 7) is 7.44. The van der Waals surface area contributed by atoms with Crippen molar-refractivity contribution in [3.05, 3.63) is 72.9 Å². The zero-order chi connectivity index (χ0) is 10.2. The second-order valence-electron chi connectivity index (χ2n) is 3.14. The van der Waals surface area contributed by atoms with Crippen molar-refractivity contribution in [2.45, 2.75) is 12.8 Å². The van der Waals surface area contributed by atoms with Crippen LogP contribution in [0.2, 0.25) is 0 Å². The van der Waals surface area contributed by atoms with Gasteiger partial charge in [-0.25, -0.2) is 0 Å². The molecule has 0 aromatic heterocycles. The highest BCUT2D eigenvalue weighted by molar-refractivity contribution is 5.27. The Labute approximate surface area is 86.3 Å². The number of hydrogen-bond acceptors (Lipinski definition) is 0. The van der Waals surface area contributed by atoms with E-state index in [-0.39, 0.29) is 0 Å². The van der Waals surface area contributed by atoms with Crippen LogP contribution in [0.1, 0.15) is 12.0 Å². The van der Waals surface area contributed by atoms with Crippen LogP contribution >= 0.6 is 0 Å². The zero-order valence-corrected chi connectivity index (χ0v) is 8.45. The summed E-state index contributed by atoms with van der Waals surface area (Å²) in [4.78, 5) is 0. The highest BCUT2D eigenvalue weighted by Crippen LogP contribution is 2.05. The molecule has 0 bridgehead atoms. The lowest BCUT2D eigenvalue weighted by atomic mass is 10.1. The van der Waals surface area contributed by atoms with E-state index < -0.39 is 0 Å². The molecule has 0 saturated carbocycles. The Hall–Kier alpha value is -1.56. The Morgan fingerprint density at radius 3 is 2.29 bits per heavy atom. The molecule has 0 amide bonds. The van der Waals surface area contributed by atoms with E-state index in [1.165, 1.54) is 5.56 Å². The van der Waals surface area contributed by atoms with Gasteiger partial charge in [0.15, 0.2) is 0 Å². The van der Waals surface area contributed by atoms with Crippen molar-refractivity contribution >= 4 is 0 Å². The molecule has 0 radical (unpaired) electrons. The van der Waals surface area contributed by atoms with E-state index in [1.54, 1.807) is 0 Å². The molecule has 0 saturated heterocycles. The average molecular weight is 184 g/mol. The molecule has 1 aromatic rings. The molecule has 0 aliphatic heterocycles. The van der Waals surface area contributed by atoms with E-state index in [4.69, 9.17) is 0 Å². The Bertz CT molecular complexity index is 307. The van der Waals surface area contributed by atoms with Gasteiger partial charge in [-0.15, -0.1) is 0 Å². The van der Waals surface area contributed by atoms with Crippen LogP contribution in [0.3, 0.4) is 0 Å². The highest BCUT2D eigenvalue weighted by atomic mass is 13.9. The maximum atomic E-state index is 3.72. The summed E-state index contributed by atoms with van der Waals surface area (Å²) >= 11 is 0. The fraction of sp³-hybridized carbons (Fsp3) is 0.143. The van der Waals surface area contributed by atoms with Gasteiger partial charge < -0.3 is 0 Å². The van der Waals surface area contributed by atoms with Crippen LogP contribution in [-0.2, 0) is 6.42 Å². The van der Waals surface area contributed by atoms with Crippen molar-refractivity contribution in [2.24, 2.45) is 0 Å². The number of benzene rings is 1. The van der Waals surface area contributed by atoms with Gasteiger partial charge in [-0.1, -0.05) is 61.7 Å². The second kappa shape index (κ2) is 5.98. The van der Waals surface area contributed by atoms with Crippen molar-refractivity contribution in [2.75, 3.05) is 0 Å².